The van der Waals surface area contributed by atoms with Crippen LogP contribution in [-0.4, -0.2) is 72.9 Å². The molecule has 0 spiro atoms. The average molecular weight is 419 g/mol. The summed E-state index contributed by atoms with van der Waals surface area (Å²) < 4.78 is 10.8. The SMILES string of the molecule is CCOC(=O)c1sc2nc(C)nc(N3CCCCC3CN3CCOCC3)c2c1C. The topological polar surface area (TPSA) is 67.8 Å². The van der Waals surface area contributed by atoms with Gasteiger partial charge in [0.25, 0.3) is 0 Å². The normalized spacial score (nSPS) is 20.9. The monoisotopic (exact) mass is 418 g/mol. The molecule has 2 aliphatic heterocycles. The van der Waals surface area contributed by atoms with Crippen LogP contribution in [0.2, 0.25) is 0 Å². The largest absolute Gasteiger partial charge is 0.462 e. The number of fused-ring (bicyclic) bond motifs is 1. The Morgan fingerprint density at radius 1 is 1.21 bits per heavy atom. The molecule has 4 heterocycles. The molecule has 2 saturated heterocycles. The van der Waals surface area contributed by atoms with Crippen LogP contribution < -0.4 is 4.90 Å². The van der Waals surface area contributed by atoms with Crippen LogP contribution in [0.3, 0.4) is 0 Å². The van der Waals surface area contributed by atoms with Gasteiger partial charge in [0.15, 0.2) is 0 Å². The standard InChI is InChI=1S/C21H30N4O3S/c1-4-28-21(26)18-14(2)17-19(22-15(3)23-20(17)29-18)25-8-6-5-7-16(25)13-24-9-11-27-12-10-24/h16H,4-13H2,1-3H3. The Morgan fingerprint density at radius 2 is 2.00 bits per heavy atom. The molecule has 2 aliphatic rings. The third-order valence-corrected chi connectivity index (χ3v) is 6.98. The smallest absolute Gasteiger partial charge is 0.348 e. The van der Waals surface area contributed by atoms with Crippen LogP contribution in [-0.2, 0) is 9.47 Å². The van der Waals surface area contributed by atoms with Gasteiger partial charge in [-0.25, -0.2) is 14.8 Å². The summed E-state index contributed by atoms with van der Waals surface area (Å²) in [6, 6.07) is 0.421. The van der Waals surface area contributed by atoms with E-state index in [9.17, 15) is 4.79 Å². The third kappa shape index (κ3) is 4.25. The second kappa shape index (κ2) is 8.93. The summed E-state index contributed by atoms with van der Waals surface area (Å²) in [5.41, 5.74) is 0.939. The Morgan fingerprint density at radius 3 is 2.76 bits per heavy atom. The van der Waals surface area contributed by atoms with Crippen molar-refractivity contribution in [3.05, 3.63) is 16.3 Å². The van der Waals surface area contributed by atoms with Gasteiger partial charge >= 0.3 is 5.97 Å². The van der Waals surface area contributed by atoms with Crippen molar-refractivity contribution in [1.29, 1.82) is 0 Å². The summed E-state index contributed by atoms with van der Waals surface area (Å²) >= 11 is 1.42. The van der Waals surface area contributed by atoms with Gasteiger partial charge in [-0.05, 0) is 45.6 Å². The van der Waals surface area contributed by atoms with Crippen molar-refractivity contribution >= 4 is 33.3 Å². The van der Waals surface area contributed by atoms with Gasteiger partial charge in [-0.1, -0.05) is 0 Å². The second-order valence-electron chi connectivity index (χ2n) is 7.81. The number of thiophene rings is 1. The minimum Gasteiger partial charge on any atom is -0.462 e. The molecule has 2 aromatic heterocycles. The zero-order valence-corrected chi connectivity index (χ0v) is 18.4. The summed E-state index contributed by atoms with van der Waals surface area (Å²) in [7, 11) is 0. The Bertz CT molecular complexity index is 878. The predicted molar refractivity (Wildman–Crippen MR) is 115 cm³/mol. The number of piperidine rings is 1. The number of aryl methyl sites for hydroxylation is 2. The molecule has 0 bridgehead atoms. The van der Waals surface area contributed by atoms with Crippen LogP contribution in [0.15, 0.2) is 0 Å². The Kier molecular flexibility index (Phi) is 6.32. The summed E-state index contributed by atoms with van der Waals surface area (Å²) in [5.74, 6) is 1.47. The molecule has 8 heteroatoms. The van der Waals surface area contributed by atoms with Crippen LogP contribution in [0.25, 0.3) is 10.2 Å². The van der Waals surface area contributed by atoms with Crippen molar-refractivity contribution in [2.75, 3.05) is 50.9 Å². The van der Waals surface area contributed by atoms with Crippen LogP contribution in [0.5, 0.6) is 0 Å². The average Bonchev–Trinajstić information content (AvgIpc) is 3.05. The molecule has 29 heavy (non-hydrogen) atoms. The predicted octanol–water partition coefficient (Wildman–Crippen LogP) is 3.18. The van der Waals surface area contributed by atoms with Crippen molar-refractivity contribution in [2.24, 2.45) is 0 Å². The molecule has 0 saturated carbocycles. The number of carbonyl (C=O) groups is 1. The van der Waals surface area contributed by atoms with Crippen LogP contribution in [0, 0.1) is 13.8 Å². The lowest BCUT2D eigenvalue weighted by Gasteiger charge is -2.40. The number of hydrogen-bond donors (Lipinski definition) is 0. The Hall–Kier alpha value is -1.77. The van der Waals surface area contributed by atoms with Gasteiger partial charge in [0, 0.05) is 32.2 Å². The molecule has 1 unspecified atom stereocenters. The maximum absolute atomic E-state index is 12.4. The van der Waals surface area contributed by atoms with E-state index in [-0.39, 0.29) is 5.97 Å². The van der Waals surface area contributed by atoms with Gasteiger partial charge in [-0.15, -0.1) is 11.3 Å². The first kappa shape index (κ1) is 20.5. The quantitative estimate of drug-likeness (QED) is 0.691. The van der Waals surface area contributed by atoms with Crippen LogP contribution in [0.1, 0.15) is 47.2 Å². The van der Waals surface area contributed by atoms with Crippen molar-refractivity contribution in [3.63, 3.8) is 0 Å². The summed E-state index contributed by atoms with van der Waals surface area (Å²) in [5, 5.41) is 1.01. The van der Waals surface area contributed by atoms with E-state index in [1.165, 1.54) is 17.8 Å². The molecule has 158 valence electrons. The first-order chi connectivity index (χ1) is 14.1. The second-order valence-corrected chi connectivity index (χ2v) is 8.81. The fourth-order valence-corrected chi connectivity index (χ4v) is 5.49. The molecule has 0 N–H and O–H groups in total. The number of rotatable bonds is 5. The van der Waals surface area contributed by atoms with E-state index in [1.54, 1.807) is 0 Å². The van der Waals surface area contributed by atoms with Gasteiger partial charge in [-0.3, -0.25) is 4.90 Å². The van der Waals surface area contributed by atoms with Crippen LogP contribution in [0.4, 0.5) is 5.82 Å². The molecule has 2 fully saturated rings. The van der Waals surface area contributed by atoms with E-state index < -0.39 is 0 Å². The minimum absolute atomic E-state index is 0.264. The maximum Gasteiger partial charge on any atom is 0.348 e. The highest BCUT2D eigenvalue weighted by Gasteiger charge is 2.30. The zero-order chi connectivity index (χ0) is 20.4. The van der Waals surface area contributed by atoms with Gasteiger partial charge in [0.1, 0.15) is 21.3 Å². The first-order valence-corrected chi connectivity index (χ1v) is 11.4. The molecule has 1 atom stereocenters. The van der Waals surface area contributed by atoms with E-state index in [0.717, 1.165) is 79.7 Å². The van der Waals surface area contributed by atoms with Crippen molar-refractivity contribution < 1.29 is 14.3 Å². The highest BCUT2D eigenvalue weighted by Crippen LogP contribution is 2.38. The zero-order valence-electron chi connectivity index (χ0n) is 17.6. The highest BCUT2D eigenvalue weighted by atomic mass is 32.1. The molecular weight excluding hydrogens is 388 g/mol. The van der Waals surface area contributed by atoms with Gasteiger partial charge in [0.2, 0.25) is 0 Å². The lowest BCUT2D eigenvalue weighted by molar-refractivity contribution is 0.0338. The molecule has 2 aromatic rings. The number of carbonyl (C=O) groups excluding carboxylic acids is 1. The Balaban J connectivity index is 1.71. The van der Waals surface area contributed by atoms with Gasteiger partial charge < -0.3 is 14.4 Å². The molecule has 7 nitrogen and oxygen atoms in total. The van der Waals surface area contributed by atoms with Gasteiger partial charge in [-0.2, -0.15) is 0 Å². The summed E-state index contributed by atoms with van der Waals surface area (Å²) in [6.07, 6.45) is 3.57. The lowest BCUT2D eigenvalue weighted by Crippen LogP contribution is -2.50. The van der Waals surface area contributed by atoms with E-state index in [2.05, 4.69) is 14.8 Å². The number of aromatic nitrogens is 2. The van der Waals surface area contributed by atoms with E-state index >= 15 is 0 Å². The molecule has 0 aliphatic carbocycles. The molecular formula is C21H30N4O3S. The number of morpholine rings is 1. The van der Waals surface area contributed by atoms with E-state index in [4.69, 9.17) is 14.5 Å². The number of esters is 1. The molecule has 0 aromatic carbocycles. The number of nitrogens with zero attached hydrogens (tertiary/aromatic N) is 4. The third-order valence-electron chi connectivity index (χ3n) is 5.82. The van der Waals surface area contributed by atoms with Crippen molar-refractivity contribution in [2.45, 2.75) is 46.1 Å². The molecule has 0 radical (unpaired) electrons. The Labute approximate surface area is 176 Å². The van der Waals surface area contributed by atoms with Crippen molar-refractivity contribution in [3.8, 4) is 0 Å². The minimum atomic E-state index is -0.264. The van der Waals surface area contributed by atoms with Crippen LogP contribution >= 0.6 is 11.3 Å². The molecule has 0 amide bonds. The number of hydrogen-bond acceptors (Lipinski definition) is 8. The lowest BCUT2D eigenvalue weighted by atomic mass is 10.0. The number of anilines is 1. The maximum atomic E-state index is 12.4. The van der Waals surface area contributed by atoms with E-state index in [1.807, 2.05) is 20.8 Å². The highest BCUT2D eigenvalue weighted by molar-refractivity contribution is 7.20. The molecule has 4 rings (SSSR count). The number of ether oxygens (including phenoxy) is 2. The van der Waals surface area contributed by atoms with E-state index in [0.29, 0.717) is 17.5 Å². The summed E-state index contributed by atoms with van der Waals surface area (Å²) in [6.45, 7) is 11.8. The fraction of sp³-hybridized carbons (Fsp3) is 0.667. The summed E-state index contributed by atoms with van der Waals surface area (Å²) in [4.78, 5) is 28.4. The van der Waals surface area contributed by atoms with Gasteiger partial charge in [0.05, 0.1) is 25.2 Å². The first-order valence-electron chi connectivity index (χ1n) is 10.6. The fourth-order valence-electron chi connectivity index (χ4n) is 4.37. The van der Waals surface area contributed by atoms with Crippen molar-refractivity contribution in [1.82, 2.24) is 14.9 Å².